The smallest absolute Gasteiger partial charge is 0.321 e. The van der Waals surface area contributed by atoms with Crippen LogP contribution in [0.15, 0.2) is 83.3 Å². The molecule has 4 rings (SSSR count). The highest BCUT2D eigenvalue weighted by molar-refractivity contribution is 9.10. The lowest BCUT2D eigenvalue weighted by molar-refractivity contribution is -0.122. The third kappa shape index (κ3) is 6.70. The molecule has 0 fully saturated rings. The molecule has 0 bridgehead atoms. The van der Waals surface area contributed by atoms with Gasteiger partial charge in [0.15, 0.2) is 0 Å². The summed E-state index contributed by atoms with van der Waals surface area (Å²) in [5.41, 5.74) is 4.41. The van der Waals surface area contributed by atoms with E-state index in [0.717, 1.165) is 35.7 Å². The monoisotopic (exact) mass is 519 g/mol. The molecule has 0 spiro atoms. The number of carbonyl (C=O) groups excluding carboxylic acids is 2. The number of hydrogen-bond acceptors (Lipinski definition) is 2. The van der Waals surface area contributed by atoms with Crippen LogP contribution in [0.4, 0.5) is 10.5 Å². The minimum atomic E-state index is -0.204. The molecule has 0 radical (unpaired) electrons. The van der Waals surface area contributed by atoms with Gasteiger partial charge in [-0.3, -0.25) is 4.79 Å². The fraction of sp³-hybridized carbons (Fsp3) is 0.286. The van der Waals surface area contributed by atoms with Gasteiger partial charge in [-0.1, -0.05) is 76.6 Å². The Morgan fingerprint density at radius 1 is 0.941 bits per heavy atom. The van der Waals surface area contributed by atoms with Crippen LogP contribution in [0.25, 0.3) is 0 Å². The number of rotatable bonds is 8. The molecule has 0 heterocycles. The van der Waals surface area contributed by atoms with Crippen molar-refractivity contribution in [3.8, 4) is 0 Å². The average Bonchev–Trinajstić information content (AvgIpc) is 2.85. The van der Waals surface area contributed by atoms with Gasteiger partial charge in [0.1, 0.15) is 0 Å². The first-order valence-electron chi connectivity index (χ1n) is 11.8. The molecule has 176 valence electrons. The van der Waals surface area contributed by atoms with Crippen LogP contribution in [-0.2, 0) is 17.6 Å². The van der Waals surface area contributed by atoms with Crippen molar-refractivity contribution in [2.24, 2.45) is 0 Å². The Kier molecular flexibility index (Phi) is 8.36. The van der Waals surface area contributed by atoms with Crippen LogP contribution in [0.2, 0.25) is 0 Å². The zero-order valence-electron chi connectivity index (χ0n) is 19.2. The van der Waals surface area contributed by atoms with Crippen LogP contribution < -0.4 is 10.6 Å². The molecule has 0 aromatic heterocycles. The molecule has 0 aliphatic heterocycles. The van der Waals surface area contributed by atoms with Crippen molar-refractivity contribution in [3.63, 3.8) is 0 Å². The molecule has 1 atom stereocenters. The maximum Gasteiger partial charge on any atom is 0.321 e. The number of amides is 3. The van der Waals surface area contributed by atoms with Crippen LogP contribution in [0.5, 0.6) is 0 Å². The number of urea groups is 1. The minimum absolute atomic E-state index is 0.0262. The van der Waals surface area contributed by atoms with E-state index in [0.29, 0.717) is 18.8 Å². The summed E-state index contributed by atoms with van der Waals surface area (Å²) in [6.45, 7) is 0.885. The Balaban J connectivity index is 1.38. The van der Waals surface area contributed by atoms with Gasteiger partial charge in [0.05, 0.1) is 6.04 Å². The number of hydrogen-bond donors (Lipinski definition) is 2. The average molecular weight is 520 g/mol. The molecule has 1 aliphatic carbocycles. The highest BCUT2D eigenvalue weighted by Gasteiger charge is 2.22. The van der Waals surface area contributed by atoms with Crippen LogP contribution in [-0.4, -0.2) is 29.9 Å². The van der Waals surface area contributed by atoms with E-state index in [1.165, 1.54) is 11.1 Å². The zero-order valence-corrected chi connectivity index (χ0v) is 20.8. The van der Waals surface area contributed by atoms with E-state index in [1.54, 1.807) is 4.90 Å². The van der Waals surface area contributed by atoms with Crippen molar-refractivity contribution < 1.29 is 9.59 Å². The minimum Gasteiger partial charge on any atom is -0.349 e. The van der Waals surface area contributed by atoms with Gasteiger partial charge < -0.3 is 15.5 Å². The third-order valence-electron chi connectivity index (χ3n) is 6.19. The Morgan fingerprint density at radius 3 is 2.56 bits per heavy atom. The number of fused-ring (bicyclic) bond motifs is 1. The Bertz CT molecular complexity index is 1120. The van der Waals surface area contributed by atoms with Crippen molar-refractivity contribution in [2.75, 3.05) is 18.4 Å². The van der Waals surface area contributed by atoms with Gasteiger partial charge in [-0.15, -0.1) is 0 Å². The number of anilines is 1. The molecule has 6 heteroatoms. The van der Waals surface area contributed by atoms with E-state index >= 15 is 0 Å². The van der Waals surface area contributed by atoms with E-state index in [9.17, 15) is 9.59 Å². The lowest BCUT2D eigenvalue weighted by Crippen LogP contribution is -2.40. The molecule has 0 saturated heterocycles. The number of carbonyl (C=O) groups is 2. The van der Waals surface area contributed by atoms with Gasteiger partial charge in [0.25, 0.3) is 0 Å². The van der Waals surface area contributed by atoms with Crippen molar-refractivity contribution >= 4 is 33.6 Å². The fourth-order valence-electron chi connectivity index (χ4n) is 4.40. The lowest BCUT2D eigenvalue weighted by atomic mass is 9.87. The van der Waals surface area contributed by atoms with Crippen molar-refractivity contribution in [3.05, 3.63) is 100 Å². The predicted octanol–water partition coefficient (Wildman–Crippen LogP) is 6.11. The molecule has 1 unspecified atom stereocenters. The molecule has 0 saturated carbocycles. The second kappa shape index (κ2) is 11.8. The van der Waals surface area contributed by atoms with Gasteiger partial charge in [-0.25, -0.2) is 4.79 Å². The van der Waals surface area contributed by atoms with E-state index in [-0.39, 0.29) is 24.4 Å². The van der Waals surface area contributed by atoms with E-state index in [2.05, 4.69) is 56.9 Å². The molecule has 3 aromatic carbocycles. The first-order chi connectivity index (χ1) is 16.6. The van der Waals surface area contributed by atoms with Gasteiger partial charge in [-0.05, 0) is 60.6 Å². The molecule has 5 nitrogen and oxygen atoms in total. The normalized spacial score (nSPS) is 14.7. The van der Waals surface area contributed by atoms with Crippen LogP contribution in [0.3, 0.4) is 0 Å². The fourth-order valence-corrected chi connectivity index (χ4v) is 4.80. The van der Waals surface area contributed by atoms with E-state index < -0.39 is 0 Å². The summed E-state index contributed by atoms with van der Waals surface area (Å²) in [7, 11) is 0. The Hall–Kier alpha value is -3.12. The van der Waals surface area contributed by atoms with E-state index in [4.69, 9.17) is 0 Å². The Labute approximate surface area is 209 Å². The second-order valence-electron chi connectivity index (χ2n) is 8.62. The number of benzene rings is 3. The SMILES string of the molecule is O=C(CCN(CCc1ccccc1)C(=O)Nc1cccc(Br)c1)NC1CCCc2ccccc21. The standard InChI is InChI=1S/C28H30BrN3O2/c29-23-12-7-13-24(20-23)30-28(34)32(18-16-21-8-2-1-3-9-21)19-17-27(33)31-26-15-6-11-22-10-4-5-14-25(22)26/h1-5,7-10,12-14,20,26H,6,11,15-19H2,(H,30,34)(H,31,33). The van der Waals surface area contributed by atoms with Crippen LogP contribution in [0, 0.1) is 0 Å². The van der Waals surface area contributed by atoms with Crippen molar-refractivity contribution in [2.45, 2.75) is 38.1 Å². The highest BCUT2D eigenvalue weighted by atomic mass is 79.9. The zero-order chi connectivity index (χ0) is 23.8. The number of nitrogens with one attached hydrogen (secondary N) is 2. The molecule has 2 N–H and O–H groups in total. The summed E-state index contributed by atoms with van der Waals surface area (Å²) in [6, 6.07) is 25.8. The molecule has 34 heavy (non-hydrogen) atoms. The van der Waals surface area contributed by atoms with Gasteiger partial charge >= 0.3 is 6.03 Å². The summed E-state index contributed by atoms with van der Waals surface area (Å²) in [5.74, 6) is -0.0262. The molecule has 1 aliphatic rings. The molecular formula is C28H30BrN3O2. The maximum absolute atomic E-state index is 13.1. The number of halogens is 1. The summed E-state index contributed by atoms with van der Waals surface area (Å²) in [4.78, 5) is 27.7. The third-order valence-corrected chi connectivity index (χ3v) is 6.68. The van der Waals surface area contributed by atoms with Crippen molar-refractivity contribution in [1.29, 1.82) is 0 Å². The largest absolute Gasteiger partial charge is 0.349 e. The Morgan fingerprint density at radius 2 is 1.74 bits per heavy atom. The first kappa shape index (κ1) is 24.0. The predicted molar refractivity (Wildman–Crippen MR) is 140 cm³/mol. The molecule has 3 aromatic rings. The van der Waals surface area contributed by atoms with Gasteiger partial charge in [0, 0.05) is 29.7 Å². The van der Waals surface area contributed by atoms with Crippen molar-refractivity contribution in [1.82, 2.24) is 10.2 Å². The molecule has 3 amide bonds. The first-order valence-corrected chi connectivity index (χ1v) is 12.6. The second-order valence-corrected chi connectivity index (χ2v) is 9.54. The summed E-state index contributed by atoms with van der Waals surface area (Å²) in [5, 5.41) is 6.16. The number of aryl methyl sites for hydroxylation is 1. The van der Waals surface area contributed by atoms with Crippen LogP contribution in [0.1, 0.15) is 42.0 Å². The highest BCUT2D eigenvalue weighted by Crippen LogP contribution is 2.29. The molecular weight excluding hydrogens is 490 g/mol. The number of nitrogens with zero attached hydrogens (tertiary/aromatic N) is 1. The van der Waals surface area contributed by atoms with Crippen LogP contribution >= 0.6 is 15.9 Å². The summed E-state index contributed by atoms with van der Waals surface area (Å²) < 4.78 is 0.897. The van der Waals surface area contributed by atoms with E-state index in [1.807, 2.05) is 48.5 Å². The topological polar surface area (TPSA) is 61.4 Å². The quantitative estimate of drug-likeness (QED) is 0.377. The lowest BCUT2D eigenvalue weighted by Gasteiger charge is -2.27. The summed E-state index contributed by atoms with van der Waals surface area (Å²) in [6.07, 6.45) is 4.07. The maximum atomic E-state index is 13.1. The summed E-state index contributed by atoms with van der Waals surface area (Å²) >= 11 is 3.44. The van der Waals surface area contributed by atoms with Gasteiger partial charge in [0.2, 0.25) is 5.91 Å². The van der Waals surface area contributed by atoms with Gasteiger partial charge in [-0.2, -0.15) is 0 Å².